The first-order valence-corrected chi connectivity index (χ1v) is 7.85. The van der Waals surface area contributed by atoms with E-state index in [0.717, 1.165) is 16.7 Å². The lowest BCUT2D eigenvalue weighted by molar-refractivity contribution is -0.140. The van der Waals surface area contributed by atoms with Crippen LogP contribution in [0.3, 0.4) is 0 Å². The van der Waals surface area contributed by atoms with Crippen molar-refractivity contribution >= 4 is 5.97 Å². The van der Waals surface area contributed by atoms with E-state index in [9.17, 15) is 4.79 Å². The molecule has 0 fully saturated rings. The average molecular weight is 334 g/mol. The fourth-order valence-electron chi connectivity index (χ4n) is 2.17. The third-order valence-electron chi connectivity index (χ3n) is 3.64. The number of aromatic nitrogens is 2. The molecule has 3 aromatic rings. The number of benzene rings is 2. The van der Waals surface area contributed by atoms with Gasteiger partial charge in [-0.05, 0) is 43.7 Å². The molecule has 1 heterocycles. The molecule has 126 valence electrons. The maximum Gasteiger partial charge on any atom is 0.333 e. The van der Waals surface area contributed by atoms with Crippen LogP contribution in [-0.4, -0.2) is 16.2 Å². The van der Waals surface area contributed by atoms with Crippen LogP contribution >= 0.6 is 0 Å². The number of carbonyl (C=O) groups is 1. The fourth-order valence-corrected chi connectivity index (χ4v) is 2.17. The Hall–Kier alpha value is -3.21. The second kappa shape index (κ2) is 7.13. The second-order valence-corrected chi connectivity index (χ2v) is 5.83. The van der Waals surface area contributed by atoms with Crippen molar-refractivity contribution in [1.82, 2.24) is 10.2 Å². The number of aryl methyl sites for hydroxylation is 1. The number of carbonyl (C=O) groups excluding carboxylic acids is 1. The molecule has 0 N–H and O–H groups in total. The Bertz CT molecular complexity index is 893. The van der Waals surface area contributed by atoms with Crippen LogP contribution in [0.15, 0.2) is 65.1 Å². The van der Waals surface area contributed by atoms with Crippen LogP contribution in [0, 0.1) is 6.92 Å². The Morgan fingerprint density at radius 1 is 1.00 bits per heavy atom. The van der Waals surface area contributed by atoms with E-state index < -0.39 is 5.97 Å². The van der Waals surface area contributed by atoms with E-state index in [-0.39, 0.29) is 6.61 Å². The number of ether oxygens (including phenoxy) is 1. The topological polar surface area (TPSA) is 65.2 Å². The van der Waals surface area contributed by atoms with Crippen molar-refractivity contribution in [3.8, 4) is 22.9 Å². The molecule has 0 bridgehead atoms. The minimum absolute atomic E-state index is 0.199. The predicted molar refractivity (Wildman–Crippen MR) is 94.5 cm³/mol. The van der Waals surface area contributed by atoms with Gasteiger partial charge in [0.25, 0.3) is 0 Å². The van der Waals surface area contributed by atoms with Gasteiger partial charge >= 0.3 is 5.97 Å². The van der Waals surface area contributed by atoms with Crippen LogP contribution in [0.2, 0.25) is 0 Å². The summed E-state index contributed by atoms with van der Waals surface area (Å²) in [5, 5.41) is 8.20. The van der Waals surface area contributed by atoms with E-state index >= 15 is 0 Å². The Kier molecular flexibility index (Phi) is 4.75. The molecule has 0 spiro atoms. The fraction of sp³-hybridized carbons (Fsp3) is 0.150. The lowest BCUT2D eigenvalue weighted by Gasteiger charge is -2.04. The highest BCUT2D eigenvalue weighted by Gasteiger charge is 2.11. The first-order chi connectivity index (χ1) is 12.0. The zero-order valence-electron chi connectivity index (χ0n) is 14.2. The van der Waals surface area contributed by atoms with Crippen molar-refractivity contribution in [3.63, 3.8) is 0 Å². The van der Waals surface area contributed by atoms with Gasteiger partial charge in [0.05, 0.1) is 0 Å². The summed E-state index contributed by atoms with van der Waals surface area (Å²) in [6.45, 7) is 7.39. The second-order valence-electron chi connectivity index (χ2n) is 5.83. The van der Waals surface area contributed by atoms with Gasteiger partial charge in [0, 0.05) is 16.7 Å². The predicted octanol–water partition coefficient (Wildman–Crippen LogP) is 4.33. The minimum atomic E-state index is -0.399. The molecule has 0 aliphatic rings. The number of nitrogens with zero attached hydrogens (tertiary/aromatic N) is 2. The summed E-state index contributed by atoms with van der Waals surface area (Å²) in [5.74, 6) is 0.527. The SMILES string of the molecule is C=C(C)C(=O)OCc1ccc(-c2nnc(-c3ccc(C)cc3)o2)cc1. The lowest BCUT2D eigenvalue weighted by atomic mass is 10.1. The van der Waals surface area contributed by atoms with Crippen molar-refractivity contribution in [3.05, 3.63) is 71.8 Å². The van der Waals surface area contributed by atoms with E-state index in [1.165, 1.54) is 5.56 Å². The van der Waals surface area contributed by atoms with Crippen LogP contribution in [0.25, 0.3) is 22.9 Å². The Morgan fingerprint density at radius 2 is 1.52 bits per heavy atom. The molecule has 5 nitrogen and oxygen atoms in total. The molecule has 0 aliphatic heterocycles. The molecule has 0 radical (unpaired) electrons. The van der Waals surface area contributed by atoms with Crippen LogP contribution in [-0.2, 0) is 16.1 Å². The lowest BCUT2D eigenvalue weighted by Crippen LogP contribution is -2.04. The molecule has 0 atom stereocenters. The summed E-state index contributed by atoms with van der Waals surface area (Å²) in [6, 6.07) is 15.3. The molecule has 0 saturated heterocycles. The van der Waals surface area contributed by atoms with Crippen molar-refractivity contribution < 1.29 is 13.9 Å². The smallest absolute Gasteiger partial charge is 0.333 e. The average Bonchev–Trinajstić information content (AvgIpc) is 3.10. The molecule has 5 heteroatoms. The highest BCUT2D eigenvalue weighted by atomic mass is 16.5. The normalized spacial score (nSPS) is 10.5. The zero-order valence-corrected chi connectivity index (χ0v) is 14.2. The van der Waals surface area contributed by atoms with E-state index in [4.69, 9.17) is 9.15 Å². The van der Waals surface area contributed by atoms with Gasteiger partial charge in [0.2, 0.25) is 11.8 Å². The molecule has 2 aromatic carbocycles. The molecule has 25 heavy (non-hydrogen) atoms. The molecule has 0 saturated carbocycles. The molecule has 3 rings (SSSR count). The Balaban J connectivity index is 1.71. The molecule has 1 aromatic heterocycles. The molecule has 0 amide bonds. The summed E-state index contributed by atoms with van der Waals surface area (Å²) in [4.78, 5) is 11.4. The first-order valence-electron chi connectivity index (χ1n) is 7.85. The third-order valence-corrected chi connectivity index (χ3v) is 3.64. The van der Waals surface area contributed by atoms with Gasteiger partial charge < -0.3 is 9.15 Å². The minimum Gasteiger partial charge on any atom is -0.457 e. The summed E-state index contributed by atoms with van der Waals surface area (Å²) >= 11 is 0. The van der Waals surface area contributed by atoms with E-state index in [1.54, 1.807) is 6.92 Å². The maximum absolute atomic E-state index is 11.4. The van der Waals surface area contributed by atoms with Crippen molar-refractivity contribution in [2.45, 2.75) is 20.5 Å². The van der Waals surface area contributed by atoms with Gasteiger partial charge in [-0.2, -0.15) is 0 Å². The van der Waals surface area contributed by atoms with E-state index in [0.29, 0.717) is 17.4 Å². The van der Waals surface area contributed by atoms with Gasteiger partial charge in [-0.3, -0.25) is 0 Å². The van der Waals surface area contributed by atoms with Crippen LogP contribution in [0.5, 0.6) is 0 Å². The number of esters is 1. The summed E-state index contributed by atoms with van der Waals surface area (Å²) in [7, 11) is 0. The Labute approximate surface area is 146 Å². The maximum atomic E-state index is 11.4. The Morgan fingerprint density at radius 3 is 2.04 bits per heavy atom. The van der Waals surface area contributed by atoms with Crippen molar-refractivity contribution in [2.24, 2.45) is 0 Å². The van der Waals surface area contributed by atoms with Gasteiger partial charge in [0.1, 0.15) is 6.61 Å². The highest BCUT2D eigenvalue weighted by molar-refractivity contribution is 5.86. The van der Waals surface area contributed by atoms with Gasteiger partial charge in [-0.25, -0.2) is 4.79 Å². The van der Waals surface area contributed by atoms with E-state index in [1.807, 2.05) is 55.5 Å². The zero-order chi connectivity index (χ0) is 17.8. The molecular formula is C20H18N2O3. The highest BCUT2D eigenvalue weighted by Crippen LogP contribution is 2.24. The number of hydrogen-bond acceptors (Lipinski definition) is 5. The standard InChI is InChI=1S/C20H18N2O3/c1-13(2)20(23)24-12-15-6-10-17(11-7-15)19-22-21-18(25-19)16-8-4-14(3)5-9-16/h4-11H,1,12H2,2-3H3. The quantitative estimate of drug-likeness (QED) is 0.513. The van der Waals surface area contributed by atoms with Crippen molar-refractivity contribution in [2.75, 3.05) is 0 Å². The van der Waals surface area contributed by atoms with Gasteiger partial charge in [-0.15, -0.1) is 10.2 Å². The van der Waals surface area contributed by atoms with Crippen molar-refractivity contribution in [1.29, 1.82) is 0 Å². The first kappa shape index (κ1) is 16.6. The number of rotatable bonds is 5. The van der Waals surface area contributed by atoms with Gasteiger partial charge in [-0.1, -0.05) is 36.4 Å². The van der Waals surface area contributed by atoms with E-state index in [2.05, 4.69) is 16.8 Å². The number of hydrogen-bond donors (Lipinski definition) is 0. The summed E-state index contributed by atoms with van der Waals surface area (Å²) in [6.07, 6.45) is 0. The monoisotopic (exact) mass is 334 g/mol. The third kappa shape index (κ3) is 4.01. The largest absolute Gasteiger partial charge is 0.457 e. The summed E-state index contributed by atoms with van der Waals surface area (Å²) in [5.41, 5.74) is 4.11. The van der Waals surface area contributed by atoms with Crippen LogP contribution in [0.1, 0.15) is 18.1 Å². The van der Waals surface area contributed by atoms with Crippen LogP contribution < -0.4 is 0 Å². The molecular weight excluding hydrogens is 316 g/mol. The summed E-state index contributed by atoms with van der Waals surface area (Å²) < 4.78 is 10.9. The molecule has 0 aliphatic carbocycles. The molecule has 0 unspecified atom stereocenters. The van der Waals surface area contributed by atoms with Crippen LogP contribution in [0.4, 0.5) is 0 Å². The van der Waals surface area contributed by atoms with Gasteiger partial charge in [0.15, 0.2) is 0 Å².